The Morgan fingerprint density at radius 1 is 1.23 bits per heavy atom. The van der Waals surface area contributed by atoms with Gasteiger partial charge >= 0.3 is 0 Å². The summed E-state index contributed by atoms with van der Waals surface area (Å²) in [5.41, 5.74) is 2.06. The van der Waals surface area contributed by atoms with Gasteiger partial charge in [0, 0.05) is 24.3 Å². The fourth-order valence-corrected chi connectivity index (χ4v) is 2.94. The van der Waals surface area contributed by atoms with Gasteiger partial charge in [0.15, 0.2) is 5.78 Å². The van der Waals surface area contributed by atoms with Gasteiger partial charge in [-0.05, 0) is 36.8 Å². The third-order valence-electron chi connectivity index (χ3n) is 4.31. The molecule has 0 bridgehead atoms. The van der Waals surface area contributed by atoms with E-state index in [1.54, 1.807) is 36.4 Å². The first-order chi connectivity index (χ1) is 12.5. The summed E-state index contributed by atoms with van der Waals surface area (Å²) in [7, 11) is 0. The number of nitrogens with zero attached hydrogens (tertiary/aromatic N) is 1. The number of hydrogen-bond acceptors (Lipinski definition) is 4. The van der Waals surface area contributed by atoms with Gasteiger partial charge in [-0.2, -0.15) is 0 Å². The summed E-state index contributed by atoms with van der Waals surface area (Å²) in [5, 5.41) is 2.82. The summed E-state index contributed by atoms with van der Waals surface area (Å²) in [6.45, 7) is 3.44. The highest BCUT2D eigenvalue weighted by Crippen LogP contribution is 2.22. The molecule has 0 saturated carbocycles. The molecule has 2 aromatic rings. The lowest BCUT2D eigenvalue weighted by Crippen LogP contribution is -2.42. The Morgan fingerprint density at radius 3 is 2.73 bits per heavy atom. The second-order valence-corrected chi connectivity index (χ2v) is 6.33. The average Bonchev–Trinajstić information content (AvgIpc) is 2.62. The van der Waals surface area contributed by atoms with Crippen LogP contribution in [0.2, 0.25) is 0 Å². The summed E-state index contributed by atoms with van der Waals surface area (Å²) in [5.74, 6) is -0.476. The minimum absolute atomic E-state index is 0.0450. The van der Waals surface area contributed by atoms with Crippen molar-refractivity contribution < 1.29 is 18.7 Å². The first-order valence-electron chi connectivity index (χ1n) is 8.51. The number of ether oxygens (including phenoxy) is 1. The molecular weight excluding hydrogens is 335 g/mol. The Bertz CT molecular complexity index is 792. The molecule has 136 valence electrons. The summed E-state index contributed by atoms with van der Waals surface area (Å²) in [6, 6.07) is 13.1. The van der Waals surface area contributed by atoms with E-state index in [2.05, 4.69) is 5.32 Å². The number of carbonyl (C=O) groups excluding carboxylic acids is 2. The fourth-order valence-electron chi connectivity index (χ4n) is 2.94. The van der Waals surface area contributed by atoms with Crippen LogP contribution in [0.15, 0.2) is 48.5 Å². The van der Waals surface area contributed by atoms with E-state index in [4.69, 9.17) is 4.74 Å². The number of nitrogens with one attached hydrogen (secondary N) is 1. The number of hydrogen-bond donors (Lipinski definition) is 1. The Balaban J connectivity index is 1.58. The number of ketones is 1. The van der Waals surface area contributed by atoms with Gasteiger partial charge in [0.1, 0.15) is 5.82 Å². The molecule has 3 rings (SSSR count). The second-order valence-electron chi connectivity index (χ2n) is 6.33. The van der Waals surface area contributed by atoms with Crippen LogP contribution in [-0.2, 0) is 9.53 Å². The third-order valence-corrected chi connectivity index (χ3v) is 4.31. The molecule has 26 heavy (non-hydrogen) atoms. The highest BCUT2D eigenvalue weighted by atomic mass is 19.1. The molecule has 1 fully saturated rings. The van der Waals surface area contributed by atoms with Gasteiger partial charge < -0.3 is 10.1 Å². The molecule has 5 nitrogen and oxygen atoms in total. The first-order valence-corrected chi connectivity index (χ1v) is 8.51. The fraction of sp³-hybridized carbons (Fsp3) is 0.300. The molecule has 0 aliphatic carbocycles. The molecule has 1 N–H and O–H groups in total. The van der Waals surface area contributed by atoms with Crippen molar-refractivity contribution >= 4 is 17.4 Å². The maximum atomic E-state index is 13.1. The van der Waals surface area contributed by atoms with Crippen molar-refractivity contribution in [3.63, 3.8) is 0 Å². The van der Waals surface area contributed by atoms with Crippen molar-refractivity contribution in [3.05, 3.63) is 65.5 Å². The summed E-state index contributed by atoms with van der Waals surface area (Å²) < 4.78 is 18.8. The topological polar surface area (TPSA) is 58.6 Å². The number of anilines is 1. The lowest BCUT2D eigenvalue weighted by Gasteiger charge is -2.32. The Labute approximate surface area is 151 Å². The highest BCUT2D eigenvalue weighted by Gasteiger charge is 2.23. The monoisotopic (exact) mass is 356 g/mol. The van der Waals surface area contributed by atoms with Crippen molar-refractivity contribution in [1.29, 1.82) is 0 Å². The summed E-state index contributed by atoms with van der Waals surface area (Å²) in [6.07, 6.45) is -0.182. The van der Waals surface area contributed by atoms with Crippen LogP contribution < -0.4 is 5.32 Å². The molecule has 1 unspecified atom stereocenters. The molecule has 0 radical (unpaired) electrons. The maximum absolute atomic E-state index is 13.1. The van der Waals surface area contributed by atoms with Gasteiger partial charge in [-0.3, -0.25) is 14.5 Å². The molecule has 1 amide bonds. The number of Topliss-reactive ketones (excluding diaryl/α,β-unsaturated/α-hetero) is 1. The molecule has 1 aliphatic heterocycles. The van der Waals surface area contributed by atoms with Crippen LogP contribution >= 0.6 is 0 Å². The Hall–Kier alpha value is -2.57. The molecule has 1 heterocycles. The van der Waals surface area contributed by atoms with Crippen LogP contribution in [0.4, 0.5) is 10.1 Å². The number of morpholine rings is 1. The molecule has 1 atom stereocenters. The lowest BCUT2D eigenvalue weighted by atomic mass is 10.1. The van der Waals surface area contributed by atoms with Crippen molar-refractivity contribution in [2.75, 3.05) is 31.6 Å². The molecule has 6 heteroatoms. The predicted molar refractivity (Wildman–Crippen MR) is 96.6 cm³/mol. The zero-order chi connectivity index (χ0) is 18.5. The van der Waals surface area contributed by atoms with E-state index >= 15 is 0 Å². The summed E-state index contributed by atoms with van der Waals surface area (Å²) in [4.78, 5) is 25.8. The van der Waals surface area contributed by atoms with Crippen LogP contribution in [0.3, 0.4) is 0 Å². The van der Waals surface area contributed by atoms with Crippen molar-refractivity contribution in [3.8, 4) is 0 Å². The average molecular weight is 356 g/mol. The third kappa shape index (κ3) is 4.74. The van der Waals surface area contributed by atoms with E-state index in [-0.39, 0.29) is 30.2 Å². The molecule has 0 aromatic heterocycles. The second kappa shape index (κ2) is 8.21. The predicted octanol–water partition coefficient (Wildman–Crippen LogP) is 3.04. The minimum atomic E-state index is -0.284. The van der Waals surface area contributed by atoms with Crippen LogP contribution in [0.25, 0.3) is 0 Å². The smallest absolute Gasteiger partial charge is 0.238 e. The van der Waals surface area contributed by atoms with E-state index in [9.17, 15) is 14.0 Å². The van der Waals surface area contributed by atoms with Gasteiger partial charge in [-0.25, -0.2) is 4.39 Å². The van der Waals surface area contributed by atoms with Crippen molar-refractivity contribution in [2.45, 2.75) is 13.0 Å². The van der Waals surface area contributed by atoms with Crippen LogP contribution in [0, 0.1) is 5.82 Å². The van der Waals surface area contributed by atoms with Crippen molar-refractivity contribution in [2.24, 2.45) is 0 Å². The van der Waals surface area contributed by atoms with Gasteiger partial charge in [0.25, 0.3) is 0 Å². The molecule has 2 aromatic carbocycles. The lowest BCUT2D eigenvalue weighted by molar-refractivity contribution is -0.119. The molecular formula is C20H21FN2O3. The summed E-state index contributed by atoms with van der Waals surface area (Å²) >= 11 is 0. The number of carbonyl (C=O) groups is 2. The minimum Gasteiger partial charge on any atom is -0.371 e. The Morgan fingerprint density at radius 2 is 2.00 bits per heavy atom. The van der Waals surface area contributed by atoms with Crippen LogP contribution in [-0.4, -0.2) is 42.8 Å². The largest absolute Gasteiger partial charge is 0.371 e. The zero-order valence-corrected chi connectivity index (χ0v) is 14.6. The van der Waals surface area contributed by atoms with Gasteiger partial charge in [0.05, 0.1) is 19.3 Å². The van der Waals surface area contributed by atoms with Gasteiger partial charge in [-0.15, -0.1) is 0 Å². The maximum Gasteiger partial charge on any atom is 0.238 e. The zero-order valence-electron chi connectivity index (χ0n) is 14.6. The normalized spacial score (nSPS) is 17.7. The number of rotatable bonds is 5. The van der Waals surface area contributed by atoms with Crippen molar-refractivity contribution in [1.82, 2.24) is 4.90 Å². The van der Waals surface area contributed by atoms with E-state index in [1.165, 1.54) is 19.1 Å². The first kappa shape index (κ1) is 18.2. The van der Waals surface area contributed by atoms with Gasteiger partial charge in [-0.1, -0.05) is 24.3 Å². The number of halogens is 1. The Kier molecular flexibility index (Phi) is 5.75. The quantitative estimate of drug-likeness (QED) is 0.837. The van der Waals surface area contributed by atoms with E-state index in [0.717, 1.165) is 5.56 Å². The standard InChI is InChI=1S/C20H21FN2O3/c1-14(24)16-3-2-4-18(11-16)22-20(25)13-23-9-10-26-19(12-23)15-5-7-17(21)8-6-15/h2-8,11,19H,9-10,12-13H2,1H3,(H,22,25). The van der Waals surface area contributed by atoms with Crippen LogP contribution in [0.5, 0.6) is 0 Å². The van der Waals surface area contributed by atoms with E-state index < -0.39 is 0 Å². The van der Waals surface area contributed by atoms with E-state index in [1.807, 2.05) is 4.90 Å². The van der Waals surface area contributed by atoms with E-state index in [0.29, 0.717) is 30.9 Å². The molecule has 1 saturated heterocycles. The van der Waals surface area contributed by atoms with Gasteiger partial charge in [0.2, 0.25) is 5.91 Å². The van der Waals surface area contributed by atoms with Crippen LogP contribution in [0.1, 0.15) is 28.9 Å². The highest BCUT2D eigenvalue weighted by molar-refractivity contribution is 5.97. The molecule has 1 aliphatic rings. The number of benzene rings is 2. The molecule has 0 spiro atoms. The SMILES string of the molecule is CC(=O)c1cccc(NC(=O)CN2CCOC(c3ccc(F)cc3)C2)c1. The number of amides is 1.